The summed E-state index contributed by atoms with van der Waals surface area (Å²) in [5.41, 5.74) is 2.29. The molecule has 3 rings (SSSR count). The molecule has 0 aliphatic carbocycles. The van der Waals surface area contributed by atoms with Crippen LogP contribution in [0.4, 0.5) is 0 Å². The number of nitrogens with one attached hydrogen (secondary N) is 1. The summed E-state index contributed by atoms with van der Waals surface area (Å²) in [6.45, 7) is 1.57. The van der Waals surface area contributed by atoms with Crippen molar-refractivity contribution in [3.8, 4) is 11.3 Å². The summed E-state index contributed by atoms with van der Waals surface area (Å²) < 4.78 is 0. The van der Waals surface area contributed by atoms with Crippen molar-refractivity contribution in [1.29, 1.82) is 0 Å². The van der Waals surface area contributed by atoms with Gasteiger partial charge in [-0.25, -0.2) is 0 Å². The maximum absolute atomic E-state index is 12.8. The monoisotopic (exact) mass is 332 g/mol. The highest BCUT2D eigenvalue weighted by molar-refractivity contribution is 6.30. The van der Waals surface area contributed by atoms with E-state index >= 15 is 0 Å². The zero-order chi connectivity index (χ0) is 16.4. The highest BCUT2D eigenvalue weighted by Crippen LogP contribution is 2.25. The molecule has 1 aromatic heterocycles. The first-order valence-electron chi connectivity index (χ1n) is 7.81. The largest absolute Gasteiger partial charge is 0.338 e. The lowest BCUT2D eigenvalue weighted by molar-refractivity contribution is 0.0664. The lowest BCUT2D eigenvalue weighted by atomic mass is 10.0. The van der Waals surface area contributed by atoms with E-state index in [1.165, 1.54) is 0 Å². The number of piperidine rings is 1. The normalized spacial score (nSPS) is 16.1. The van der Waals surface area contributed by atoms with Crippen molar-refractivity contribution in [3.05, 3.63) is 41.0 Å². The molecule has 0 unspecified atom stereocenters. The molecule has 2 heterocycles. The van der Waals surface area contributed by atoms with E-state index in [4.69, 9.17) is 11.6 Å². The number of carbonyl (C=O) groups is 1. The van der Waals surface area contributed by atoms with Gasteiger partial charge in [-0.05, 0) is 39.1 Å². The fourth-order valence-electron chi connectivity index (χ4n) is 3.04. The summed E-state index contributed by atoms with van der Waals surface area (Å²) >= 11 is 5.93. The quantitative estimate of drug-likeness (QED) is 0.940. The van der Waals surface area contributed by atoms with E-state index in [0.717, 1.165) is 37.2 Å². The van der Waals surface area contributed by atoms with Crippen molar-refractivity contribution < 1.29 is 4.79 Å². The maximum atomic E-state index is 12.8. The van der Waals surface area contributed by atoms with Crippen LogP contribution in [0.5, 0.6) is 0 Å². The van der Waals surface area contributed by atoms with E-state index < -0.39 is 0 Å². The predicted octanol–water partition coefficient (Wildman–Crippen LogP) is 2.90. The number of H-pyrrole nitrogens is 1. The van der Waals surface area contributed by atoms with Gasteiger partial charge < -0.3 is 9.80 Å². The second-order valence-corrected chi connectivity index (χ2v) is 6.59. The number of aromatic nitrogens is 2. The van der Waals surface area contributed by atoms with Gasteiger partial charge in [0.05, 0.1) is 17.5 Å². The molecule has 1 fully saturated rings. The molecular weight excluding hydrogens is 312 g/mol. The Kier molecular flexibility index (Phi) is 4.68. The molecule has 1 aliphatic rings. The van der Waals surface area contributed by atoms with Gasteiger partial charge in [0, 0.05) is 29.7 Å². The van der Waals surface area contributed by atoms with Crippen molar-refractivity contribution in [2.24, 2.45) is 0 Å². The van der Waals surface area contributed by atoms with Crippen LogP contribution in [0.15, 0.2) is 30.5 Å². The van der Waals surface area contributed by atoms with Crippen molar-refractivity contribution >= 4 is 17.5 Å². The Balaban J connectivity index is 1.77. The van der Waals surface area contributed by atoms with Crippen molar-refractivity contribution in [1.82, 2.24) is 20.0 Å². The zero-order valence-corrected chi connectivity index (χ0v) is 14.2. The molecule has 1 saturated heterocycles. The first-order chi connectivity index (χ1) is 11.1. The second kappa shape index (κ2) is 6.72. The van der Waals surface area contributed by atoms with E-state index in [9.17, 15) is 4.79 Å². The predicted molar refractivity (Wildman–Crippen MR) is 91.6 cm³/mol. The SMILES string of the molecule is CN(C)C1CCN(C(=O)c2cn[nH]c2-c2ccc(Cl)cc2)CC1. The van der Waals surface area contributed by atoms with Crippen LogP contribution in [0, 0.1) is 0 Å². The van der Waals surface area contributed by atoms with Crippen molar-refractivity contribution in [2.75, 3.05) is 27.2 Å². The molecule has 1 aliphatic heterocycles. The number of likely N-dealkylation sites (tertiary alicyclic amines) is 1. The topological polar surface area (TPSA) is 52.2 Å². The van der Waals surface area contributed by atoms with Crippen molar-refractivity contribution in [2.45, 2.75) is 18.9 Å². The Bertz CT molecular complexity index is 672. The van der Waals surface area contributed by atoms with Crippen molar-refractivity contribution in [3.63, 3.8) is 0 Å². The minimum Gasteiger partial charge on any atom is -0.338 e. The molecule has 122 valence electrons. The molecule has 1 amide bonds. The molecule has 0 saturated carbocycles. The maximum Gasteiger partial charge on any atom is 0.257 e. The van der Waals surface area contributed by atoms with Gasteiger partial charge in [-0.15, -0.1) is 0 Å². The molecule has 1 aromatic carbocycles. The Morgan fingerprint density at radius 3 is 2.52 bits per heavy atom. The summed E-state index contributed by atoms with van der Waals surface area (Å²) in [5.74, 6) is 0.0425. The van der Waals surface area contributed by atoms with Gasteiger partial charge in [-0.1, -0.05) is 23.7 Å². The number of carbonyl (C=O) groups excluding carboxylic acids is 1. The van der Waals surface area contributed by atoms with Gasteiger partial charge in [-0.2, -0.15) is 5.10 Å². The number of hydrogen-bond donors (Lipinski definition) is 1. The Labute approximate surface area is 141 Å². The van der Waals surface area contributed by atoms with Gasteiger partial charge in [0.15, 0.2) is 0 Å². The molecule has 2 aromatic rings. The molecule has 23 heavy (non-hydrogen) atoms. The Morgan fingerprint density at radius 1 is 1.26 bits per heavy atom. The third kappa shape index (κ3) is 3.41. The minimum atomic E-state index is 0.0425. The summed E-state index contributed by atoms with van der Waals surface area (Å²) in [6, 6.07) is 7.97. The zero-order valence-electron chi connectivity index (χ0n) is 13.4. The van der Waals surface area contributed by atoms with E-state index in [1.807, 2.05) is 29.2 Å². The molecule has 6 heteroatoms. The minimum absolute atomic E-state index is 0.0425. The third-order valence-corrected chi connectivity index (χ3v) is 4.74. The highest BCUT2D eigenvalue weighted by atomic mass is 35.5. The fourth-order valence-corrected chi connectivity index (χ4v) is 3.17. The number of nitrogens with zero attached hydrogens (tertiary/aromatic N) is 3. The van der Waals surface area contributed by atoms with Crippen LogP contribution >= 0.6 is 11.6 Å². The molecule has 1 N–H and O–H groups in total. The van der Waals surface area contributed by atoms with Crippen LogP contribution in [-0.4, -0.2) is 59.1 Å². The smallest absolute Gasteiger partial charge is 0.257 e. The first kappa shape index (κ1) is 16.0. The number of benzene rings is 1. The van der Waals surface area contributed by atoms with Crippen LogP contribution in [0.2, 0.25) is 5.02 Å². The van der Waals surface area contributed by atoms with Crippen LogP contribution in [0.25, 0.3) is 11.3 Å². The summed E-state index contributed by atoms with van der Waals surface area (Å²) in [4.78, 5) is 17.0. The molecule has 0 radical (unpaired) electrons. The fraction of sp³-hybridized carbons (Fsp3) is 0.412. The van der Waals surface area contributed by atoms with Gasteiger partial charge in [0.2, 0.25) is 0 Å². The lowest BCUT2D eigenvalue weighted by Gasteiger charge is -2.35. The Morgan fingerprint density at radius 2 is 1.91 bits per heavy atom. The number of halogens is 1. The van der Waals surface area contributed by atoms with E-state index in [0.29, 0.717) is 16.6 Å². The van der Waals surface area contributed by atoms with Gasteiger partial charge in [0.1, 0.15) is 0 Å². The summed E-state index contributed by atoms with van der Waals surface area (Å²) in [5, 5.41) is 7.68. The number of aromatic amines is 1. The Hall–Kier alpha value is -1.85. The van der Waals surface area contributed by atoms with E-state index in [1.54, 1.807) is 6.20 Å². The van der Waals surface area contributed by atoms with Crippen LogP contribution in [0.3, 0.4) is 0 Å². The van der Waals surface area contributed by atoms with Gasteiger partial charge in [-0.3, -0.25) is 9.89 Å². The number of hydrogen-bond acceptors (Lipinski definition) is 3. The van der Waals surface area contributed by atoms with Crippen LogP contribution in [-0.2, 0) is 0 Å². The number of amides is 1. The lowest BCUT2D eigenvalue weighted by Crippen LogP contribution is -2.44. The molecular formula is C17H21ClN4O. The molecule has 0 bridgehead atoms. The highest BCUT2D eigenvalue weighted by Gasteiger charge is 2.26. The van der Waals surface area contributed by atoms with Gasteiger partial charge in [0.25, 0.3) is 5.91 Å². The van der Waals surface area contributed by atoms with E-state index in [2.05, 4.69) is 29.2 Å². The standard InChI is InChI=1S/C17H21ClN4O/c1-21(2)14-7-9-22(10-8-14)17(23)15-11-19-20-16(15)12-3-5-13(18)6-4-12/h3-6,11,14H,7-10H2,1-2H3,(H,19,20). The van der Waals surface area contributed by atoms with E-state index in [-0.39, 0.29) is 5.91 Å². The average molecular weight is 333 g/mol. The molecule has 0 spiro atoms. The second-order valence-electron chi connectivity index (χ2n) is 6.15. The average Bonchev–Trinajstić information content (AvgIpc) is 3.04. The third-order valence-electron chi connectivity index (χ3n) is 4.48. The number of rotatable bonds is 3. The molecule has 5 nitrogen and oxygen atoms in total. The van der Waals surface area contributed by atoms with Gasteiger partial charge >= 0.3 is 0 Å². The van der Waals surface area contributed by atoms with Crippen LogP contribution < -0.4 is 0 Å². The summed E-state index contributed by atoms with van der Waals surface area (Å²) in [6.07, 6.45) is 3.63. The van der Waals surface area contributed by atoms with Crippen LogP contribution in [0.1, 0.15) is 23.2 Å². The summed E-state index contributed by atoms with van der Waals surface area (Å²) in [7, 11) is 4.19. The first-order valence-corrected chi connectivity index (χ1v) is 8.19. The molecule has 0 atom stereocenters.